The number of aromatic amines is 1. The van der Waals surface area contributed by atoms with E-state index in [1.54, 1.807) is 17.2 Å². The zero-order chi connectivity index (χ0) is 28.1. The number of nitrogens with zero attached hydrogens (tertiary/aromatic N) is 4. The summed E-state index contributed by atoms with van der Waals surface area (Å²) in [6, 6.07) is -0.0551. The average molecular weight is 548 g/mol. The number of amides is 2. The second kappa shape index (κ2) is 10.4. The molecule has 3 fully saturated rings. The molecule has 0 aromatic carbocycles. The molecule has 0 radical (unpaired) electrons. The Morgan fingerprint density at radius 2 is 2.00 bits per heavy atom. The van der Waals surface area contributed by atoms with Crippen LogP contribution < -0.4 is 15.4 Å². The van der Waals surface area contributed by atoms with Crippen LogP contribution in [0, 0.1) is 11.8 Å². The largest absolute Gasteiger partial charge is 0.477 e. The van der Waals surface area contributed by atoms with E-state index >= 15 is 0 Å². The van der Waals surface area contributed by atoms with Crippen LogP contribution >= 0.6 is 0 Å². The number of aromatic nitrogens is 3. The molecule has 1 saturated heterocycles. The van der Waals surface area contributed by atoms with Crippen molar-refractivity contribution in [1.82, 2.24) is 24.7 Å². The minimum atomic E-state index is -2.53. The molecule has 2 amide bonds. The fraction of sp³-hybridized carbons (Fsp3) is 0.630. The number of carbonyl (C=O) groups is 2. The number of aromatic hydroxyl groups is 1. The van der Waals surface area contributed by atoms with Gasteiger partial charge in [0.05, 0.1) is 18.3 Å². The molecule has 1 aliphatic heterocycles. The van der Waals surface area contributed by atoms with Gasteiger partial charge in [0, 0.05) is 57.2 Å². The van der Waals surface area contributed by atoms with Crippen LogP contribution in [0.15, 0.2) is 17.1 Å². The number of hydrogen-bond acceptors (Lipinski definition) is 5. The van der Waals surface area contributed by atoms with Crippen molar-refractivity contribution in [1.29, 1.82) is 0 Å². The van der Waals surface area contributed by atoms with Crippen LogP contribution in [0.25, 0.3) is 11.7 Å². The maximum Gasteiger partial charge on any atom is 0.378 e. The van der Waals surface area contributed by atoms with Gasteiger partial charge >= 0.3 is 17.1 Å². The summed E-state index contributed by atoms with van der Waals surface area (Å²) < 4.78 is 29.1. The Kier molecular flexibility index (Phi) is 7.25. The lowest BCUT2D eigenvalue weighted by molar-refractivity contribution is -0.686. The van der Waals surface area contributed by atoms with Gasteiger partial charge < -0.3 is 15.3 Å². The van der Waals surface area contributed by atoms with Crippen molar-refractivity contribution < 1.29 is 28.0 Å². The van der Waals surface area contributed by atoms with Crippen molar-refractivity contribution in [2.45, 2.75) is 71.0 Å². The van der Waals surface area contributed by atoms with E-state index in [-0.39, 0.29) is 48.2 Å². The van der Waals surface area contributed by atoms with Crippen molar-refractivity contribution in [3.05, 3.63) is 33.8 Å². The summed E-state index contributed by atoms with van der Waals surface area (Å²) in [5.74, 6) is -3.62. The summed E-state index contributed by atoms with van der Waals surface area (Å²) in [6.45, 7) is 8.58. The SMILES string of the molecule is CC(C)C[n+]1c(O)c(C(=O)NC2CC2)c(=O)n2[nH]cc(/C=C/C(=O)N3CCN(CC4CC(F)(F)C4)C[C@@H]3C)c21. The zero-order valence-corrected chi connectivity index (χ0v) is 22.6. The molecule has 2 saturated carbocycles. The molecule has 10 nitrogen and oxygen atoms in total. The number of carbonyl (C=O) groups excluding carboxylic acids is 2. The number of hydrogen-bond donors (Lipinski definition) is 3. The van der Waals surface area contributed by atoms with E-state index < -0.39 is 23.3 Å². The molecule has 3 heterocycles. The van der Waals surface area contributed by atoms with Gasteiger partial charge in [0.2, 0.25) is 17.4 Å². The summed E-state index contributed by atoms with van der Waals surface area (Å²) in [5, 5.41) is 16.7. The van der Waals surface area contributed by atoms with Crippen LogP contribution in [-0.2, 0) is 11.3 Å². The fourth-order valence-electron chi connectivity index (χ4n) is 5.67. The monoisotopic (exact) mass is 547 g/mol. The van der Waals surface area contributed by atoms with Gasteiger partial charge in [0.25, 0.3) is 5.91 Å². The van der Waals surface area contributed by atoms with E-state index in [1.165, 1.54) is 15.2 Å². The third-order valence-corrected chi connectivity index (χ3v) is 7.75. The number of rotatable bonds is 8. The van der Waals surface area contributed by atoms with Crippen molar-refractivity contribution in [2.75, 3.05) is 26.2 Å². The van der Waals surface area contributed by atoms with Gasteiger partial charge in [-0.2, -0.15) is 4.57 Å². The summed E-state index contributed by atoms with van der Waals surface area (Å²) in [6.07, 6.45) is 6.18. The lowest BCUT2D eigenvalue weighted by Gasteiger charge is -2.43. The quantitative estimate of drug-likeness (QED) is 0.344. The van der Waals surface area contributed by atoms with Crippen LogP contribution in [0.2, 0.25) is 0 Å². The Hall–Kier alpha value is -3.28. The first-order valence-corrected chi connectivity index (χ1v) is 13.7. The highest BCUT2D eigenvalue weighted by Gasteiger charge is 2.46. The predicted molar refractivity (Wildman–Crippen MR) is 140 cm³/mol. The van der Waals surface area contributed by atoms with Gasteiger partial charge in [-0.3, -0.25) is 14.5 Å². The number of alkyl halides is 2. The lowest BCUT2D eigenvalue weighted by Crippen LogP contribution is -2.55. The average Bonchev–Trinajstić information content (AvgIpc) is 3.54. The number of H-pyrrole nitrogens is 1. The van der Waals surface area contributed by atoms with E-state index in [2.05, 4.69) is 15.3 Å². The fourth-order valence-corrected chi connectivity index (χ4v) is 5.67. The number of nitrogens with one attached hydrogen (secondary N) is 2. The van der Waals surface area contributed by atoms with Crippen molar-refractivity contribution in [3.63, 3.8) is 0 Å². The van der Waals surface area contributed by atoms with Gasteiger partial charge in [0.15, 0.2) is 0 Å². The molecule has 2 aromatic rings. The van der Waals surface area contributed by atoms with Crippen molar-refractivity contribution >= 4 is 23.5 Å². The molecule has 2 aliphatic carbocycles. The molecule has 0 bridgehead atoms. The molecule has 3 N–H and O–H groups in total. The van der Waals surface area contributed by atoms with E-state index in [0.29, 0.717) is 43.9 Å². The second-order valence-electron chi connectivity index (χ2n) is 11.7. The van der Waals surface area contributed by atoms with Crippen molar-refractivity contribution in [3.8, 4) is 5.88 Å². The van der Waals surface area contributed by atoms with Crippen LogP contribution in [0.1, 0.15) is 62.4 Å². The molecular formula is C27H37F2N6O4+. The van der Waals surface area contributed by atoms with Crippen LogP contribution in [-0.4, -0.2) is 80.5 Å². The summed E-state index contributed by atoms with van der Waals surface area (Å²) >= 11 is 0. The molecule has 5 rings (SSSR count). The Bertz CT molecular complexity index is 1350. The first-order valence-electron chi connectivity index (χ1n) is 13.7. The van der Waals surface area contributed by atoms with Gasteiger partial charge in [-0.1, -0.05) is 18.4 Å². The first-order chi connectivity index (χ1) is 18.4. The first kappa shape index (κ1) is 27.3. The Morgan fingerprint density at radius 1 is 1.28 bits per heavy atom. The summed E-state index contributed by atoms with van der Waals surface area (Å²) in [4.78, 5) is 43.0. The third-order valence-electron chi connectivity index (χ3n) is 7.75. The van der Waals surface area contributed by atoms with E-state index in [1.807, 2.05) is 20.8 Å². The van der Waals surface area contributed by atoms with Crippen LogP contribution in [0.3, 0.4) is 0 Å². The predicted octanol–water partition coefficient (Wildman–Crippen LogP) is 1.76. The molecule has 3 aliphatic rings. The number of halogens is 2. The number of piperazine rings is 1. The summed E-state index contributed by atoms with van der Waals surface area (Å²) in [7, 11) is 0. The minimum Gasteiger partial charge on any atom is -0.477 e. The smallest absolute Gasteiger partial charge is 0.378 e. The standard InChI is InChI=1S/C27H36F2N6O4/c1-16(2)13-34-24-19(12-30-35(24)26(39)22(25(34)38)23(37)31-20-5-6-20)4-7-21(36)33-9-8-32(14-17(33)3)15-18-10-27(28,29)11-18/h4,7,12,16-18,20H,5-6,8-11,13-15H2,1-3H3,(H2,31,37,38,39)/p+1/b7-4+/t17-/m0/s1. The third kappa shape index (κ3) is 5.70. The second-order valence-corrected chi connectivity index (χ2v) is 11.7. The van der Waals surface area contributed by atoms with Gasteiger partial charge in [-0.05, 0) is 37.7 Å². The summed E-state index contributed by atoms with van der Waals surface area (Å²) in [5.41, 5.74) is -0.109. The molecular weight excluding hydrogens is 510 g/mol. The normalized spacial score (nSPS) is 22.1. The van der Waals surface area contributed by atoms with Gasteiger partial charge in [-0.25, -0.2) is 18.7 Å². The molecule has 0 unspecified atom stereocenters. The molecule has 212 valence electrons. The minimum absolute atomic E-state index is 0.00822. The van der Waals surface area contributed by atoms with Gasteiger partial charge in [-0.15, -0.1) is 0 Å². The van der Waals surface area contributed by atoms with Crippen molar-refractivity contribution in [2.24, 2.45) is 11.8 Å². The van der Waals surface area contributed by atoms with E-state index in [4.69, 9.17) is 0 Å². The molecule has 2 aromatic heterocycles. The van der Waals surface area contributed by atoms with E-state index in [9.17, 15) is 28.3 Å². The molecule has 0 spiro atoms. The highest BCUT2D eigenvalue weighted by Crippen LogP contribution is 2.42. The maximum absolute atomic E-state index is 13.2. The topological polar surface area (TPSA) is 114 Å². The Balaban J connectivity index is 1.34. The van der Waals surface area contributed by atoms with Gasteiger partial charge in [0.1, 0.15) is 0 Å². The van der Waals surface area contributed by atoms with Crippen LogP contribution in [0.4, 0.5) is 8.78 Å². The maximum atomic E-state index is 13.2. The lowest BCUT2D eigenvalue weighted by atomic mass is 9.81. The molecule has 1 atom stereocenters. The molecule has 39 heavy (non-hydrogen) atoms. The zero-order valence-electron chi connectivity index (χ0n) is 22.6. The Labute approximate surface area is 225 Å². The van der Waals surface area contributed by atoms with Crippen LogP contribution in [0.5, 0.6) is 5.88 Å². The highest BCUT2D eigenvalue weighted by molar-refractivity contribution is 5.96. The highest BCUT2D eigenvalue weighted by atomic mass is 19.3. The Morgan fingerprint density at radius 3 is 2.62 bits per heavy atom. The van der Waals surface area contributed by atoms with E-state index in [0.717, 1.165) is 12.8 Å². The molecule has 12 heteroatoms. The number of fused-ring (bicyclic) bond motifs is 1.